The molecule has 0 saturated heterocycles. The van der Waals surface area contributed by atoms with Gasteiger partial charge in [0.15, 0.2) is 5.76 Å². The maximum atomic E-state index is 12.9. The summed E-state index contributed by atoms with van der Waals surface area (Å²) < 4.78 is 11.4. The van der Waals surface area contributed by atoms with Crippen molar-refractivity contribution in [3.8, 4) is 34.3 Å². The van der Waals surface area contributed by atoms with Gasteiger partial charge in [-0.25, -0.2) is 0 Å². The van der Waals surface area contributed by atoms with Crippen molar-refractivity contribution in [3.63, 3.8) is 0 Å². The molecular formula is C24H27NO6. The van der Waals surface area contributed by atoms with Gasteiger partial charge in [-0.15, -0.1) is 0 Å². The van der Waals surface area contributed by atoms with E-state index >= 15 is 0 Å². The van der Waals surface area contributed by atoms with Gasteiger partial charge < -0.3 is 29.4 Å². The second-order valence-electron chi connectivity index (χ2n) is 7.96. The van der Waals surface area contributed by atoms with E-state index in [0.717, 1.165) is 17.2 Å². The lowest BCUT2D eigenvalue weighted by molar-refractivity contribution is 0.372. The van der Waals surface area contributed by atoms with Gasteiger partial charge >= 0.3 is 0 Å². The monoisotopic (exact) mass is 425 g/mol. The van der Waals surface area contributed by atoms with Crippen LogP contribution >= 0.6 is 0 Å². The van der Waals surface area contributed by atoms with Gasteiger partial charge in [0.25, 0.3) is 0 Å². The first kappa shape index (κ1) is 22.2. The quantitative estimate of drug-likeness (QED) is 0.510. The molecule has 7 nitrogen and oxygen atoms in total. The maximum Gasteiger partial charge on any atom is 0.238 e. The van der Waals surface area contributed by atoms with Crippen molar-refractivity contribution in [2.45, 2.75) is 26.8 Å². The standard InChI is InChI=1S/C24H27NO6/c1-13(2)6-8-16-17(26)11-18(27)20-21(28)22(29)23(31-24(16)20)14-7-9-19(30-5)15(10-14)12-25(3)4/h6-7,9-11,26-27,29H,8,12H2,1-5H3. The summed E-state index contributed by atoms with van der Waals surface area (Å²) in [6.45, 7) is 4.40. The number of methoxy groups -OCH3 is 1. The van der Waals surface area contributed by atoms with Crippen LogP contribution < -0.4 is 10.2 Å². The first-order valence-corrected chi connectivity index (χ1v) is 9.83. The number of nitrogens with zero attached hydrogens (tertiary/aromatic N) is 1. The highest BCUT2D eigenvalue weighted by atomic mass is 16.5. The molecule has 0 spiro atoms. The first-order valence-electron chi connectivity index (χ1n) is 9.83. The Labute approximate surface area is 180 Å². The highest BCUT2D eigenvalue weighted by Crippen LogP contribution is 2.39. The smallest absolute Gasteiger partial charge is 0.238 e. The van der Waals surface area contributed by atoms with E-state index in [0.29, 0.717) is 29.8 Å². The van der Waals surface area contributed by atoms with Gasteiger partial charge in [-0.05, 0) is 52.6 Å². The minimum absolute atomic E-state index is 0.0383. The Morgan fingerprint density at radius 3 is 2.45 bits per heavy atom. The van der Waals surface area contributed by atoms with E-state index in [4.69, 9.17) is 9.15 Å². The molecule has 7 heteroatoms. The summed E-state index contributed by atoms with van der Waals surface area (Å²) in [7, 11) is 5.41. The lowest BCUT2D eigenvalue weighted by Crippen LogP contribution is -2.11. The molecule has 0 amide bonds. The van der Waals surface area contributed by atoms with Crippen molar-refractivity contribution in [2.75, 3.05) is 21.2 Å². The van der Waals surface area contributed by atoms with Gasteiger partial charge in [0.05, 0.1) is 7.11 Å². The van der Waals surface area contributed by atoms with Crippen LogP contribution in [0.1, 0.15) is 25.0 Å². The molecule has 0 radical (unpaired) electrons. The Morgan fingerprint density at radius 2 is 1.84 bits per heavy atom. The number of allylic oxidation sites excluding steroid dienone is 2. The molecule has 0 aliphatic heterocycles. The molecule has 0 aliphatic rings. The first-order chi connectivity index (χ1) is 14.6. The van der Waals surface area contributed by atoms with Crippen LogP contribution in [0.4, 0.5) is 0 Å². The third kappa shape index (κ3) is 4.36. The normalized spacial score (nSPS) is 11.2. The molecule has 3 N–H and O–H groups in total. The fourth-order valence-electron chi connectivity index (χ4n) is 3.46. The lowest BCUT2D eigenvalue weighted by Gasteiger charge is -2.16. The van der Waals surface area contributed by atoms with Crippen LogP contribution in [0.25, 0.3) is 22.3 Å². The summed E-state index contributed by atoms with van der Waals surface area (Å²) in [5.74, 6) is -0.622. The van der Waals surface area contributed by atoms with Crippen LogP contribution in [0, 0.1) is 0 Å². The van der Waals surface area contributed by atoms with Crippen LogP contribution in [-0.4, -0.2) is 41.4 Å². The zero-order valence-electron chi connectivity index (χ0n) is 18.3. The molecule has 0 bridgehead atoms. The van der Waals surface area contributed by atoms with Crippen molar-refractivity contribution >= 4 is 11.0 Å². The van der Waals surface area contributed by atoms with Gasteiger partial charge in [-0.2, -0.15) is 0 Å². The molecule has 0 atom stereocenters. The summed E-state index contributed by atoms with van der Waals surface area (Å²) in [5, 5.41) is 31.1. The molecule has 164 valence electrons. The Hall–Kier alpha value is -3.45. The highest BCUT2D eigenvalue weighted by Gasteiger charge is 2.23. The third-order valence-electron chi connectivity index (χ3n) is 4.94. The van der Waals surface area contributed by atoms with Gasteiger partial charge in [0.2, 0.25) is 11.2 Å². The number of rotatable bonds is 6. The van der Waals surface area contributed by atoms with Gasteiger partial charge in [0.1, 0.15) is 28.2 Å². The molecule has 1 aromatic heterocycles. The van der Waals surface area contributed by atoms with E-state index in [1.165, 1.54) is 0 Å². The topological polar surface area (TPSA) is 103 Å². The average Bonchev–Trinajstić information content (AvgIpc) is 2.69. The van der Waals surface area contributed by atoms with Crippen LogP contribution in [-0.2, 0) is 13.0 Å². The Morgan fingerprint density at radius 1 is 1.13 bits per heavy atom. The zero-order valence-corrected chi connectivity index (χ0v) is 18.3. The Balaban J connectivity index is 2.32. The summed E-state index contributed by atoms with van der Waals surface area (Å²) in [6, 6.07) is 6.29. The molecule has 0 fully saturated rings. The maximum absolute atomic E-state index is 12.9. The third-order valence-corrected chi connectivity index (χ3v) is 4.94. The largest absolute Gasteiger partial charge is 0.507 e. The molecule has 3 aromatic rings. The van der Waals surface area contributed by atoms with Crippen LogP contribution in [0.5, 0.6) is 23.0 Å². The predicted molar refractivity (Wildman–Crippen MR) is 120 cm³/mol. The van der Waals surface area contributed by atoms with Gasteiger partial charge in [0, 0.05) is 29.3 Å². The van der Waals surface area contributed by atoms with Crippen LogP contribution in [0.15, 0.2) is 45.1 Å². The molecule has 31 heavy (non-hydrogen) atoms. The molecule has 0 saturated carbocycles. The minimum Gasteiger partial charge on any atom is -0.507 e. The van der Waals surface area contributed by atoms with Crippen LogP contribution in [0.3, 0.4) is 0 Å². The number of hydrogen-bond acceptors (Lipinski definition) is 7. The molecule has 1 heterocycles. The van der Waals surface area contributed by atoms with E-state index in [1.807, 2.05) is 38.9 Å². The van der Waals surface area contributed by atoms with Crippen molar-refractivity contribution in [1.29, 1.82) is 0 Å². The minimum atomic E-state index is -0.767. The molecule has 0 aliphatic carbocycles. The fraction of sp³-hybridized carbons (Fsp3) is 0.292. The van der Waals surface area contributed by atoms with Crippen LogP contribution in [0.2, 0.25) is 0 Å². The zero-order chi connectivity index (χ0) is 22.9. The molecule has 3 rings (SSSR count). The number of phenols is 2. The highest BCUT2D eigenvalue weighted by molar-refractivity contribution is 5.91. The van der Waals surface area contributed by atoms with E-state index in [1.54, 1.807) is 25.3 Å². The summed E-state index contributed by atoms with van der Waals surface area (Å²) in [4.78, 5) is 14.9. The Kier molecular flexibility index (Phi) is 6.27. The van der Waals surface area contributed by atoms with E-state index in [-0.39, 0.29) is 22.5 Å². The number of hydrogen-bond donors (Lipinski definition) is 3. The molecular weight excluding hydrogens is 398 g/mol. The number of benzene rings is 2. The van der Waals surface area contributed by atoms with Crippen molar-refractivity contribution in [3.05, 3.63) is 57.3 Å². The molecule has 2 aromatic carbocycles. The summed E-state index contributed by atoms with van der Waals surface area (Å²) in [5.41, 5.74) is 1.97. The van der Waals surface area contributed by atoms with E-state index in [9.17, 15) is 20.1 Å². The summed E-state index contributed by atoms with van der Waals surface area (Å²) in [6.07, 6.45) is 2.17. The van der Waals surface area contributed by atoms with Crippen molar-refractivity contribution < 1.29 is 24.5 Å². The molecule has 0 unspecified atom stereocenters. The van der Waals surface area contributed by atoms with E-state index in [2.05, 4.69) is 0 Å². The SMILES string of the molecule is COc1ccc(-c2oc3c(CC=C(C)C)c(O)cc(O)c3c(=O)c2O)cc1CN(C)C. The number of aromatic hydroxyl groups is 3. The number of phenolic OH excluding ortho intramolecular Hbond substituents is 2. The van der Waals surface area contributed by atoms with Crippen molar-refractivity contribution in [1.82, 2.24) is 4.90 Å². The number of fused-ring (bicyclic) bond motifs is 1. The fourth-order valence-corrected chi connectivity index (χ4v) is 3.46. The van der Waals surface area contributed by atoms with E-state index < -0.39 is 16.9 Å². The summed E-state index contributed by atoms with van der Waals surface area (Å²) >= 11 is 0. The Bertz CT molecular complexity index is 1220. The second kappa shape index (κ2) is 8.73. The van der Waals surface area contributed by atoms with Crippen molar-refractivity contribution in [2.24, 2.45) is 0 Å². The van der Waals surface area contributed by atoms with Gasteiger partial charge in [-0.3, -0.25) is 4.79 Å². The lowest BCUT2D eigenvalue weighted by atomic mass is 10.0. The van der Waals surface area contributed by atoms with Gasteiger partial charge in [-0.1, -0.05) is 11.6 Å². The average molecular weight is 425 g/mol. The second-order valence-corrected chi connectivity index (χ2v) is 7.96. The number of ether oxygens (including phenoxy) is 1. The predicted octanol–water partition coefficient (Wildman–Crippen LogP) is 4.16.